The van der Waals surface area contributed by atoms with Crippen molar-refractivity contribution in [3.8, 4) is 11.1 Å². The average Bonchev–Trinajstić information content (AvgIpc) is 2.89. The smallest absolute Gasteiger partial charge is 0.134 e. The van der Waals surface area contributed by atoms with Gasteiger partial charge in [-0.15, -0.1) is 0 Å². The molecule has 0 spiro atoms. The molecule has 2 aromatic carbocycles. The standard InChI is InChI=1S/C20H23F3N2S/c1-3-26-24-20-17(22)12-25(2)18(20)11-13-7-6-9-15(19(13)23)14-8-4-5-10-16(14)21/h4-10,17-18,20,24H,3,11-12H2,1-2H3. The normalized spacial score (nSPS) is 23.5. The van der Waals surface area contributed by atoms with Crippen LogP contribution in [0.5, 0.6) is 0 Å². The molecular weight excluding hydrogens is 357 g/mol. The lowest BCUT2D eigenvalue weighted by molar-refractivity contribution is 0.289. The third kappa shape index (κ3) is 3.92. The fourth-order valence-corrected chi connectivity index (χ4v) is 4.17. The Morgan fingerprint density at radius 2 is 1.85 bits per heavy atom. The van der Waals surface area contributed by atoms with Gasteiger partial charge < -0.3 is 0 Å². The van der Waals surface area contributed by atoms with Crippen LogP contribution >= 0.6 is 11.9 Å². The predicted octanol–water partition coefficient (Wildman–Crippen LogP) is 4.45. The second kappa shape index (κ2) is 8.46. The topological polar surface area (TPSA) is 15.3 Å². The van der Waals surface area contributed by atoms with E-state index in [1.54, 1.807) is 36.4 Å². The molecule has 3 atom stereocenters. The molecule has 1 aliphatic rings. The molecule has 1 N–H and O–H groups in total. The maximum Gasteiger partial charge on any atom is 0.134 e. The van der Waals surface area contributed by atoms with Crippen LogP contribution in [-0.4, -0.2) is 42.5 Å². The van der Waals surface area contributed by atoms with Crippen LogP contribution in [0.2, 0.25) is 0 Å². The van der Waals surface area contributed by atoms with Gasteiger partial charge in [0.15, 0.2) is 0 Å². The minimum atomic E-state index is -0.998. The van der Waals surface area contributed by atoms with Crippen molar-refractivity contribution < 1.29 is 13.2 Å². The van der Waals surface area contributed by atoms with E-state index in [-0.39, 0.29) is 23.2 Å². The zero-order valence-electron chi connectivity index (χ0n) is 14.9. The molecule has 0 radical (unpaired) electrons. The lowest BCUT2D eigenvalue weighted by Gasteiger charge is -2.26. The van der Waals surface area contributed by atoms with E-state index < -0.39 is 17.8 Å². The van der Waals surface area contributed by atoms with Gasteiger partial charge in [0, 0.05) is 29.5 Å². The Balaban J connectivity index is 1.88. The average molecular weight is 380 g/mol. The minimum absolute atomic E-state index is 0.158. The molecule has 0 aliphatic carbocycles. The molecule has 2 aromatic rings. The second-order valence-electron chi connectivity index (χ2n) is 6.56. The largest absolute Gasteiger partial charge is 0.298 e. The van der Waals surface area contributed by atoms with Gasteiger partial charge in [-0.05, 0) is 25.1 Å². The van der Waals surface area contributed by atoms with Gasteiger partial charge in [0.2, 0.25) is 0 Å². The Bertz CT molecular complexity index is 756. The van der Waals surface area contributed by atoms with Gasteiger partial charge in [0.1, 0.15) is 17.8 Å². The van der Waals surface area contributed by atoms with E-state index in [1.165, 1.54) is 18.0 Å². The Morgan fingerprint density at radius 3 is 2.58 bits per heavy atom. The van der Waals surface area contributed by atoms with Crippen LogP contribution in [0, 0.1) is 11.6 Å². The van der Waals surface area contributed by atoms with E-state index in [1.807, 2.05) is 18.9 Å². The number of likely N-dealkylation sites (tertiary alicyclic amines) is 1. The van der Waals surface area contributed by atoms with E-state index in [2.05, 4.69) is 4.72 Å². The molecule has 3 unspecified atom stereocenters. The molecule has 2 nitrogen and oxygen atoms in total. The third-order valence-electron chi connectivity index (χ3n) is 4.87. The number of benzene rings is 2. The van der Waals surface area contributed by atoms with Crippen LogP contribution in [0.3, 0.4) is 0 Å². The zero-order valence-corrected chi connectivity index (χ0v) is 15.7. The Kier molecular flexibility index (Phi) is 6.27. The first-order chi connectivity index (χ1) is 12.5. The Labute approximate surface area is 156 Å². The Hall–Kier alpha value is -1.50. The first-order valence-electron chi connectivity index (χ1n) is 8.76. The highest BCUT2D eigenvalue weighted by Crippen LogP contribution is 2.30. The van der Waals surface area contributed by atoms with Crippen molar-refractivity contribution in [1.82, 2.24) is 9.62 Å². The van der Waals surface area contributed by atoms with E-state index in [9.17, 15) is 8.78 Å². The molecule has 1 fully saturated rings. The number of alkyl halides is 1. The number of rotatable bonds is 6. The van der Waals surface area contributed by atoms with Gasteiger partial charge in [-0.3, -0.25) is 9.62 Å². The SMILES string of the molecule is CCSNC1C(F)CN(C)C1Cc1cccc(-c2ccccc2F)c1F. The highest BCUT2D eigenvalue weighted by atomic mass is 32.2. The molecule has 1 heterocycles. The number of likely N-dealkylation sites (N-methyl/N-ethyl adjacent to an activating group) is 1. The van der Waals surface area contributed by atoms with Crippen LogP contribution in [0.25, 0.3) is 11.1 Å². The number of hydrogen-bond donors (Lipinski definition) is 1. The molecule has 140 valence electrons. The summed E-state index contributed by atoms with van der Waals surface area (Å²) in [5, 5.41) is 0. The Morgan fingerprint density at radius 1 is 1.12 bits per heavy atom. The van der Waals surface area contributed by atoms with Gasteiger partial charge in [-0.2, -0.15) is 0 Å². The summed E-state index contributed by atoms with van der Waals surface area (Å²) in [5.74, 6) is -0.0593. The van der Waals surface area contributed by atoms with Gasteiger partial charge in [0.05, 0.1) is 6.04 Å². The number of nitrogens with one attached hydrogen (secondary N) is 1. The summed E-state index contributed by atoms with van der Waals surface area (Å²) < 4.78 is 46.7. The van der Waals surface area contributed by atoms with Crippen LogP contribution in [0.1, 0.15) is 12.5 Å². The molecule has 0 aromatic heterocycles. The highest BCUT2D eigenvalue weighted by molar-refractivity contribution is 7.97. The van der Waals surface area contributed by atoms with Crippen molar-refractivity contribution in [3.63, 3.8) is 0 Å². The van der Waals surface area contributed by atoms with E-state index in [4.69, 9.17) is 0 Å². The van der Waals surface area contributed by atoms with Crippen molar-refractivity contribution in [1.29, 1.82) is 0 Å². The van der Waals surface area contributed by atoms with Crippen LogP contribution < -0.4 is 4.72 Å². The molecular formula is C20H23F3N2S. The quantitative estimate of drug-likeness (QED) is 0.746. The summed E-state index contributed by atoms with van der Waals surface area (Å²) in [4.78, 5) is 1.92. The van der Waals surface area contributed by atoms with Gasteiger partial charge >= 0.3 is 0 Å². The summed E-state index contributed by atoms with van der Waals surface area (Å²) in [7, 11) is 1.86. The van der Waals surface area contributed by atoms with Crippen molar-refractivity contribution in [2.45, 2.75) is 31.6 Å². The second-order valence-corrected chi connectivity index (χ2v) is 7.66. The van der Waals surface area contributed by atoms with Crippen LogP contribution in [0.15, 0.2) is 42.5 Å². The maximum atomic E-state index is 15.1. The van der Waals surface area contributed by atoms with E-state index in [0.717, 1.165) is 5.75 Å². The van der Waals surface area contributed by atoms with Gasteiger partial charge in [-0.25, -0.2) is 13.2 Å². The number of halogens is 3. The summed E-state index contributed by atoms with van der Waals surface area (Å²) >= 11 is 1.47. The van der Waals surface area contributed by atoms with Crippen molar-refractivity contribution >= 4 is 11.9 Å². The first-order valence-corrected chi connectivity index (χ1v) is 9.75. The maximum absolute atomic E-state index is 15.1. The van der Waals surface area contributed by atoms with Crippen molar-refractivity contribution in [3.05, 3.63) is 59.7 Å². The molecule has 1 saturated heterocycles. The molecule has 3 rings (SSSR count). The number of nitrogens with zero attached hydrogens (tertiary/aromatic N) is 1. The first kappa shape index (κ1) is 19.3. The van der Waals surface area contributed by atoms with Crippen molar-refractivity contribution in [2.24, 2.45) is 0 Å². The minimum Gasteiger partial charge on any atom is -0.298 e. The van der Waals surface area contributed by atoms with E-state index >= 15 is 4.39 Å². The van der Waals surface area contributed by atoms with Crippen LogP contribution in [-0.2, 0) is 6.42 Å². The molecule has 0 bridgehead atoms. The molecule has 26 heavy (non-hydrogen) atoms. The fraction of sp³-hybridized carbons (Fsp3) is 0.400. The molecule has 0 amide bonds. The monoisotopic (exact) mass is 380 g/mol. The van der Waals surface area contributed by atoms with Crippen LogP contribution in [0.4, 0.5) is 13.2 Å². The van der Waals surface area contributed by atoms with E-state index in [0.29, 0.717) is 18.5 Å². The summed E-state index contributed by atoms with van der Waals surface area (Å²) in [5.41, 5.74) is 0.960. The zero-order chi connectivity index (χ0) is 18.7. The molecule has 0 saturated carbocycles. The lowest BCUT2D eigenvalue weighted by Crippen LogP contribution is -2.43. The van der Waals surface area contributed by atoms with Gasteiger partial charge in [-0.1, -0.05) is 55.3 Å². The van der Waals surface area contributed by atoms with Gasteiger partial charge in [0.25, 0.3) is 0 Å². The predicted molar refractivity (Wildman–Crippen MR) is 102 cm³/mol. The summed E-state index contributed by atoms with van der Waals surface area (Å²) in [6, 6.07) is 10.6. The summed E-state index contributed by atoms with van der Waals surface area (Å²) in [6.45, 7) is 2.32. The molecule has 1 aliphatic heterocycles. The van der Waals surface area contributed by atoms with Crippen molar-refractivity contribution in [2.75, 3.05) is 19.3 Å². The highest BCUT2D eigenvalue weighted by Gasteiger charge is 2.40. The molecule has 6 heteroatoms. The fourth-order valence-electron chi connectivity index (χ4n) is 3.50. The summed E-state index contributed by atoms with van der Waals surface area (Å²) in [6.07, 6.45) is -0.630. The number of hydrogen-bond acceptors (Lipinski definition) is 3. The lowest BCUT2D eigenvalue weighted by atomic mass is 9.95. The third-order valence-corrected chi connectivity index (χ3v) is 5.60.